The van der Waals surface area contributed by atoms with E-state index in [9.17, 15) is 4.79 Å². The quantitative estimate of drug-likeness (QED) is 0.934. The molecule has 2 rings (SSSR count). The normalized spacial score (nSPS) is 10.5. The fourth-order valence-corrected chi connectivity index (χ4v) is 1.90. The highest BCUT2D eigenvalue weighted by Crippen LogP contribution is 2.21. The van der Waals surface area contributed by atoms with Gasteiger partial charge in [0.1, 0.15) is 0 Å². The standard InChI is InChI=1S/C12H14BrN5O/c1-4-14-12(19)9-5-6-10(16-15-9)18-8(3)11(13)7(2)17-18/h5-6H,4H2,1-3H3,(H,14,19). The fraction of sp³-hybridized carbons (Fsp3) is 0.333. The summed E-state index contributed by atoms with van der Waals surface area (Å²) in [5, 5.41) is 15.0. The monoisotopic (exact) mass is 323 g/mol. The van der Waals surface area contributed by atoms with E-state index in [0.717, 1.165) is 15.9 Å². The molecule has 0 fully saturated rings. The number of nitrogens with one attached hydrogen (secondary N) is 1. The number of hydrogen-bond acceptors (Lipinski definition) is 4. The highest BCUT2D eigenvalue weighted by atomic mass is 79.9. The van der Waals surface area contributed by atoms with E-state index in [0.29, 0.717) is 18.1 Å². The molecule has 0 radical (unpaired) electrons. The van der Waals surface area contributed by atoms with Crippen LogP contribution in [-0.2, 0) is 0 Å². The third-order valence-corrected chi connectivity index (χ3v) is 3.79. The first-order valence-electron chi connectivity index (χ1n) is 5.88. The van der Waals surface area contributed by atoms with Gasteiger partial charge in [-0.1, -0.05) is 0 Å². The number of carbonyl (C=O) groups is 1. The topological polar surface area (TPSA) is 72.7 Å². The average Bonchev–Trinajstić information content (AvgIpc) is 2.67. The van der Waals surface area contributed by atoms with Crippen molar-refractivity contribution in [1.29, 1.82) is 0 Å². The van der Waals surface area contributed by atoms with Crippen molar-refractivity contribution in [3.63, 3.8) is 0 Å². The van der Waals surface area contributed by atoms with Gasteiger partial charge in [0.2, 0.25) is 0 Å². The van der Waals surface area contributed by atoms with Crippen molar-refractivity contribution in [3.8, 4) is 5.82 Å². The molecular formula is C12H14BrN5O. The summed E-state index contributed by atoms with van der Waals surface area (Å²) in [6, 6.07) is 3.36. The Hall–Kier alpha value is -1.76. The zero-order valence-corrected chi connectivity index (χ0v) is 12.5. The van der Waals surface area contributed by atoms with Gasteiger partial charge in [0.05, 0.1) is 15.9 Å². The number of halogens is 1. The Morgan fingerprint density at radius 3 is 2.58 bits per heavy atom. The third kappa shape index (κ3) is 2.65. The van der Waals surface area contributed by atoms with Crippen LogP contribution in [0.1, 0.15) is 28.8 Å². The van der Waals surface area contributed by atoms with Gasteiger partial charge in [0.15, 0.2) is 11.5 Å². The Morgan fingerprint density at radius 2 is 2.11 bits per heavy atom. The molecule has 0 aromatic carbocycles. The summed E-state index contributed by atoms with van der Waals surface area (Å²) >= 11 is 3.46. The van der Waals surface area contributed by atoms with Crippen LogP contribution in [-0.4, -0.2) is 32.4 Å². The number of aryl methyl sites for hydroxylation is 1. The van der Waals surface area contributed by atoms with Gasteiger partial charge in [-0.05, 0) is 48.8 Å². The SMILES string of the molecule is CCNC(=O)c1ccc(-n2nc(C)c(Br)c2C)nn1. The van der Waals surface area contributed by atoms with Crippen molar-refractivity contribution < 1.29 is 4.79 Å². The van der Waals surface area contributed by atoms with Crippen molar-refractivity contribution in [2.75, 3.05) is 6.54 Å². The van der Waals surface area contributed by atoms with Gasteiger partial charge >= 0.3 is 0 Å². The molecule has 0 aliphatic rings. The second-order valence-electron chi connectivity index (χ2n) is 4.03. The van der Waals surface area contributed by atoms with Gasteiger partial charge in [-0.2, -0.15) is 5.10 Å². The molecule has 0 unspecified atom stereocenters. The third-order valence-electron chi connectivity index (χ3n) is 2.64. The number of rotatable bonds is 3. The van der Waals surface area contributed by atoms with Gasteiger partial charge < -0.3 is 5.32 Å². The Kier molecular flexibility index (Phi) is 3.94. The van der Waals surface area contributed by atoms with Crippen LogP contribution in [0, 0.1) is 13.8 Å². The molecule has 0 saturated heterocycles. The summed E-state index contributed by atoms with van der Waals surface area (Å²) in [6.07, 6.45) is 0. The van der Waals surface area contributed by atoms with Crippen molar-refractivity contribution in [1.82, 2.24) is 25.3 Å². The van der Waals surface area contributed by atoms with Crippen molar-refractivity contribution >= 4 is 21.8 Å². The van der Waals surface area contributed by atoms with Gasteiger partial charge in [-0.15, -0.1) is 10.2 Å². The van der Waals surface area contributed by atoms with E-state index >= 15 is 0 Å². The van der Waals surface area contributed by atoms with Crippen LogP contribution in [0.25, 0.3) is 5.82 Å². The number of nitrogens with zero attached hydrogens (tertiary/aromatic N) is 4. The maximum Gasteiger partial charge on any atom is 0.271 e. The molecule has 2 aromatic heterocycles. The number of carbonyl (C=O) groups excluding carboxylic acids is 1. The molecule has 0 atom stereocenters. The van der Waals surface area contributed by atoms with Gasteiger partial charge in [-0.3, -0.25) is 4.79 Å². The summed E-state index contributed by atoms with van der Waals surface area (Å²) < 4.78 is 2.63. The lowest BCUT2D eigenvalue weighted by atomic mass is 10.3. The van der Waals surface area contributed by atoms with Crippen LogP contribution in [0.2, 0.25) is 0 Å². The molecule has 7 heteroatoms. The molecule has 0 aliphatic carbocycles. The van der Waals surface area contributed by atoms with Crippen LogP contribution in [0.3, 0.4) is 0 Å². The summed E-state index contributed by atoms with van der Waals surface area (Å²) in [5.41, 5.74) is 2.12. The van der Waals surface area contributed by atoms with E-state index in [1.807, 2.05) is 20.8 Å². The molecule has 1 N–H and O–H groups in total. The first kappa shape index (κ1) is 13.7. The maximum absolute atomic E-state index is 11.6. The lowest BCUT2D eigenvalue weighted by Gasteiger charge is -2.04. The van der Waals surface area contributed by atoms with Gasteiger partial charge in [-0.25, -0.2) is 4.68 Å². The van der Waals surface area contributed by atoms with E-state index in [1.165, 1.54) is 0 Å². The zero-order valence-electron chi connectivity index (χ0n) is 10.9. The summed E-state index contributed by atoms with van der Waals surface area (Å²) in [7, 11) is 0. The Bertz CT molecular complexity index is 605. The van der Waals surface area contributed by atoms with Crippen LogP contribution >= 0.6 is 15.9 Å². The molecule has 19 heavy (non-hydrogen) atoms. The molecule has 2 heterocycles. The number of aromatic nitrogens is 4. The Morgan fingerprint density at radius 1 is 1.37 bits per heavy atom. The Labute approximate surface area is 119 Å². The molecule has 0 bridgehead atoms. The minimum atomic E-state index is -0.226. The van der Waals surface area contributed by atoms with E-state index < -0.39 is 0 Å². The minimum Gasteiger partial charge on any atom is -0.351 e. The van der Waals surface area contributed by atoms with E-state index in [1.54, 1.807) is 16.8 Å². The van der Waals surface area contributed by atoms with Crippen LogP contribution < -0.4 is 5.32 Å². The molecule has 100 valence electrons. The van der Waals surface area contributed by atoms with Crippen molar-refractivity contribution in [2.45, 2.75) is 20.8 Å². The average molecular weight is 324 g/mol. The number of amides is 1. The molecule has 0 aliphatic heterocycles. The zero-order chi connectivity index (χ0) is 14.0. The smallest absolute Gasteiger partial charge is 0.271 e. The molecule has 0 saturated carbocycles. The second kappa shape index (κ2) is 5.48. The summed E-state index contributed by atoms with van der Waals surface area (Å²) in [4.78, 5) is 11.6. The first-order valence-corrected chi connectivity index (χ1v) is 6.68. The minimum absolute atomic E-state index is 0.226. The molecule has 2 aromatic rings. The predicted octanol–water partition coefficient (Wildman–Crippen LogP) is 1.79. The highest BCUT2D eigenvalue weighted by molar-refractivity contribution is 9.10. The lowest BCUT2D eigenvalue weighted by Crippen LogP contribution is -2.24. The van der Waals surface area contributed by atoms with Crippen LogP contribution in [0.5, 0.6) is 0 Å². The largest absolute Gasteiger partial charge is 0.351 e. The van der Waals surface area contributed by atoms with Crippen molar-refractivity contribution in [2.24, 2.45) is 0 Å². The van der Waals surface area contributed by atoms with E-state index in [2.05, 4.69) is 36.5 Å². The highest BCUT2D eigenvalue weighted by Gasteiger charge is 2.12. The van der Waals surface area contributed by atoms with E-state index in [4.69, 9.17) is 0 Å². The summed E-state index contributed by atoms with van der Waals surface area (Å²) in [5.74, 6) is 0.357. The predicted molar refractivity (Wildman–Crippen MR) is 74.3 cm³/mol. The fourth-order valence-electron chi connectivity index (χ4n) is 1.66. The first-order chi connectivity index (χ1) is 9.04. The van der Waals surface area contributed by atoms with E-state index in [-0.39, 0.29) is 5.91 Å². The Balaban J connectivity index is 2.32. The molecule has 0 spiro atoms. The van der Waals surface area contributed by atoms with Gasteiger partial charge in [0, 0.05) is 6.54 Å². The molecule has 6 nitrogen and oxygen atoms in total. The molecule has 1 amide bonds. The molecular weight excluding hydrogens is 310 g/mol. The van der Waals surface area contributed by atoms with Crippen LogP contribution in [0.15, 0.2) is 16.6 Å². The number of hydrogen-bond donors (Lipinski definition) is 1. The van der Waals surface area contributed by atoms with Gasteiger partial charge in [0.25, 0.3) is 5.91 Å². The maximum atomic E-state index is 11.6. The summed E-state index contributed by atoms with van der Waals surface area (Å²) in [6.45, 7) is 6.26. The lowest BCUT2D eigenvalue weighted by molar-refractivity contribution is 0.0950. The van der Waals surface area contributed by atoms with Crippen molar-refractivity contribution in [3.05, 3.63) is 33.7 Å². The van der Waals surface area contributed by atoms with Crippen LogP contribution in [0.4, 0.5) is 0 Å². The second-order valence-corrected chi connectivity index (χ2v) is 4.83.